The van der Waals surface area contributed by atoms with Gasteiger partial charge in [0.15, 0.2) is 0 Å². The number of carbonyl (C=O) groups is 2. The molecule has 9 heteroatoms. The predicted molar refractivity (Wildman–Crippen MR) is 94.8 cm³/mol. The minimum absolute atomic E-state index is 0.0132. The number of amides is 2. The number of hydrogen-bond acceptors (Lipinski definition) is 5. The fourth-order valence-electron chi connectivity index (χ4n) is 2.58. The van der Waals surface area contributed by atoms with Crippen molar-refractivity contribution in [3.8, 4) is 0 Å². The lowest BCUT2D eigenvalue weighted by molar-refractivity contribution is -0.136. The maximum atomic E-state index is 12.3. The summed E-state index contributed by atoms with van der Waals surface area (Å²) in [5.74, 6) is -0.278. The SMILES string of the molecule is CC(C)(C)n1cc(C(=O)Nc2cnn(CC(=O)N3CCOCC3)c2)cn1. The van der Waals surface area contributed by atoms with Gasteiger partial charge in [-0.3, -0.25) is 19.0 Å². The van der Waals surface area contributed by atoms with Crippen LogP contribution in [0, 0.1) is 0 Å². The van der Waals surface area contributed by atoms with Crippen LogP contribution in [0.3, 0.4) is 0 Å². The lowest BCUT2D eigenvalue weighted by Gasteiger charge is -2.26. The standard InChI is InChI=1S/C17H24N6O3/c1-17(2,3)23-10-13(8-19-23)16(25)20-14-9-18-22(11-14)12-15(24)21-4-6-26-7-5-21/h8-11H,4-7,12H2,1-3H3,(H,20,25). The van der Waals surface area contributed by atoms with E-state index < -0.39 is 0 Å². The molecule has 0 atom stereocenters. The first-order valence-electron chi connectivity index (χ1n) is 8.57. The molecule has 0 aromatic carbocycles. The van der Waals surface area contributed by atoms with Crippen molar-refractivity contribution in [2.45, 2.75) is 32.9 Å². The maximum absolute atomic E-state index is 12.3. The topological polar surface area (TPSA) is 94.3 Å². The number of rotatable bonds is 4. The Morgan fingerprint density at radius 1 is 1.15 bits per heavy atom. The largest absolute Gasteiger partial charge is 0.378 e. The van der Waals surface area contributed by atoms with E-state index in [-0.39, 0.29) is 23.9 Å². The third-order valence-corrected chi connectivity index (χ3v) is 4.08. The number of ether oxygens (including phenoxy) is 1. The molecule has 0 aliphatic carbocycles. The Labute approximate surface area is 151 Å². The van der Waals surface area contributed by atoms with Crippen molar-refractivity contribution < 1.29 is 14.3 Å². The zero-order valence-electron chi connectivity index (χ0n) is 15.3. The van der Waals surface area contributed by atoms with E-state index in [1.807, 2.05) is 20.8 Å². The van der Waals surface area contributed by atoms with Gasteiger partial charge in [0.05, 0.1) is 42.4 Å². The first-order chi connectivity index (χ1) is 12.3. The van der Waals surface area contributed by atoms with Crippen LogP contribution >= 0.6 is 0 Å². The lowest BCUT2D eigenvalue weighted by Crippen LogP contribution is -2.42. The Morgan fingerprint density at radius 3 is 2.54 bits per heavy atom. The Kier molecular flexibility index (Phi) is 5.08. The van der Waals surface area contributed by atoms with Crippen LogP contribution in [0.5, 0.6) is 0 Å². The van der Waals surface area contributed by atoms with Crippen molar-refractivity contribution in [1.29, 1.82) is 0 Å². The van der Waals surface area contributed by atoms with Crippen molar-refractivity contribution in [2.24, 2.45) is 0 Å². The van der Waals surface area contributed by atoms with Crippen molar-refractivity contribution in [1.82, 2.24) is 24.5 Å². The van der Waals surface area contributed by atoms with E-state index in [2.05, 4.69) is 15.5 Å². The summed E-state index contributed by atoms with van der Waals surface area (Å²) < 4.78 is 8.50. The van der Waals surface area contributed by atoms with Gasteiger partial charge in [0.2, 0.25) is 5.91 Å². The summed E-state index contributed by atoms with van der Waals surface area (Å²) in [4.78, 5) is 26.3. The van der Waals surface area contributed by atoms with E-state index in [1.54, 1.807) is 22.0 Å². The second kappa shape index (κ2) is 7.28. The number of morpholine rings is 1. The normalized spacial score (nSPS) is 15.1. The van der Waals surface area contributed by atoms with Crippen LogP contribution in [0.4, 0.5) is 5.69 Å². The molecule has 0 saturated carbocycles. The highest BCUT2D eigenvalue weighted by molar-refractivity contribution is 6.03. The highest BCUT2D eigenvalue weighted by Crippen LogP contribution is 2.14. The summed E-state index contributed by atoms with van der Waals surface area (Å²) in [6.07, 6.45) is 6.41. The summed E-state index contributed by atoms with van der Waals surface area (Å²) in [6, 6.07) is 0. The second-order valence-corrected chi connectivity index (χ2v) is 7.22. The first kappa shape index (κ1) is 18.1. The Balaban J connectivity index is 1.58. The van der Waals surface area contributed by atoms with Gasteiger partial charge in [-0.25, -0.2) is 0 Å². The zero-order chi connectivity index (χ0) is 18.7. The number of nitrogens with one attached hydrogen (secondary N) is 1. The Bertz CT molecular complexity index is 783. The molecule has 1 aliphatic rings. The monoisotopic (exact) mass is 360 g/mol. The van der Waals surface area contributed by atoms with Gasteiger partial charge in [-0.1, -0.05) is 0 Å². The molecule has 2 amide bonds. The summed E-state index contributed by atoms with van der Waals surface area (Å²) in [6.45, 7) is 8.50. The lowest BCUT2D eigenvalue weighted by atomic mass is 10.1. The second-order valence-electron chi connectivity index (χ2n) is 7.22. The predicted octanol–water partition coefficient (Wildman–Crippen LogP) is 0.946. The van der Waals surface area contributed by atoms with E-state index in [0.717, 1.165) is 0 Å². The molecular weight excluding hydrogens is 336 g/mol. The van der Waals surface area contributed by atoms with Crippen molar-refractivity contribution in [3.63, 3.8) is 0 Å². The molecule has 0 bridgehead atoms. The van der Waals surface area contributed by atoms with Gasteiger partial charge in [0, 0.05) is 25.5 Å². The van der Waals surface area contributed by atoms with Crippen molar-refractivity contribution >= 4 is 17.5 Å². The van der Waals surface area contributed by atoms with Gasteiger partial charge in [-0.05, 0) is 20.8 Å². The number of carbonyl (C=O) groups excluding carboxylic acids is 2. The minimum Gasteiger partial charge on any atom is -0.378 e. The average molecular weight is 360 g/mol. The summed E-state index contributed by atoms with van der Waals surface area (Å²) in [5.41, 5.74) is 0.814. The fraction of sp³-hybridized carbons (Fsp3) is 0.529. The van der Waals surface area contributed by atoms with Crippen LogP contribution in [0.25, 0.3) is 0 Å². The molecule has 9 nitrogen and oxygen atoms in total. The van der Waals surface area contributed by atoms with Crippen LogP contribution in [-0.2, 0) is 21.6 Å². The Hall–Kier alpha value is -2.68. The fourth-order valence-corrected chi connectivity index (χ4v) is 2.58. The molecule has 1 aliphatic heterocycles. The summed E-state index contributed by atoms with van der Waals surface area (Å²) in [7, 11) is 0. The van der Waals surface area contributed by atoms with E-state index in [4.69, 9.17) is 4.74 Å². The van der Waals surface area contributed by atoms with Gasteiger partial charge in [-0.15, -0.1) is 0 Å². The number of aromatic nitrogens is 4. The smallest absolute Gasteiger partial charge is 0.258 e. The van der Waals surface area contributed by atoms with E-state index in [1.165, 1.54) is 17.1 Å². The quantitative estimate of drug-likeness (QED) is 0.876. The highest BCUT2D eigenvalue weighted by Gasteiger charge is 2.19. The molecular formula is C17H24N6O3. The molecule has 1 N–H and O–H groups in total. The zero-order valence-corrected chi connectivity index (χ0v) is 15.3. The van der Waals surface area contributed by atoms with Crippen LogP contribution in [0.1, 0.15) is 31.1 Å². The maximum Gasteiger partial charge on any atom is 0.258 e. The van der Waals surface area contributed by atoms with Gasteiger partial charge >= 0.3 is 0 Å². The molecule has 0 spiro atoms. The molecule has 1 saturated heterocycles. The minimum atomic E-state index is -0.264. The molecule has 3 heterocycles. The van der Waals surface area contributed by atoms with E-state index >= 15 is 0 Å². The molecule has 0 unspecified atom stereocenters. The summed E-state index contributed by atoms with van der Waals surface area (Å²) in [5, 5.41) is 11.1. The van der Waals surface area contributed by atoms with Crippen LogP contribution in [0.2, 0.25) is 0 Å². The van der Waals surface area contributed by atoms with Gasteiger partial charge in [0.1, 0.15) is 6.54 Å². The van der Waals surface area contributed by atoms with Crippen LogP contribution < -0.4 is 5.32 Å². The van der Waals surface area contributed by atoms with Crippen molar-refractivity contribution in [3.05, 3.63) is 30.4 Å². The highest BCUT2D eigenvalue weighted by atomic mass is 16.5. The van der Waals surface area contributed by atoms with Gasteiger partial charge < -0.3 is 15.0 Å². The van der Waals surface area contributed by atoms with Gasteiger partial charge in [0.25, 0.3) is 5.91 Å². The van der Waals surface area contributed by atoms with E-state index in [9.17, 15) is 9.59 Å². The third-order valence-electron chi connectivity index (χ3n) is 4.08. The van der Waals surface area contributed by atoms with Crippen LogP contribution in [0.15, 0.2) is 24.8 Å². The van der Waals surface area contributed by atoms with E-state index in [0.29, 0.717) is 37.6 Å². The van der Waals surface area contributed by atoms with Crippen LogP contribution in [-0.4, -0.2) is 62.6 Å². The molecule has 0 radical (unpaired) electrons. The number of hydrogen-bond donors (Lipinski definition) is 1. The third kappa shape index (κ3) is 4.29. The average Bonchev–Trinajstić information content (AvgIpc) is 3.25. The molecule has 2 aromatic heterocycles. The molecule has 3 rings (SSSR count). The van der Waals surface area contributed by atoms with Gasteiger partial charge in [-0.2, -0.15) is 10.2 Å². The summed E-state index contributed by atoms with van der Waals surface area (Å²) >= 11 is 0. The molecule has 26 heavy (non-hydrogen) atoms. The number of anilines is 1. The Morgan fingerprint density at radius 2 is 1.88 bits per heavy atom. The van der Waals surface area contributed by atoms with Crippen molar-refractivity contribution in [2.75, 3.05) is 31.6 Å². The number of nitrogens with zero attached hydrogens (tertiary/aromatic N) is 5. The first-order valence-corrected chi connectivity index (χ1v) is 8.57. The molecule has 140 valence electrons. The molecule has 1 fully saturated rings. The molecule has 2 aromatic rings.